The van der Waals surface area contributed by atoms with Gasteiger partial charge in [-0.25, -0.2) is 0 Å². The lowest BCUT2D eigenvalue weighted by molar-refractivity contribution is 0.283. The topological polar surface area (TPSA) is 20.2 Å². The van der Waals surface area contributed by atoms with Crippen molar-refractivity contribution in [3.8, 4) is 0 Å². The lowest BCUT2D eigenvalue weighted by atomic mass is 10.1. The number of halogens is 1. The predicted octanol–water partition coefficient (Wildman–Crippen LogP) is 3.34. The summed E-state index contributed by atoms with van der Waals surface area (Å²) >= 11 is 11.9. The van der Waals surface area contributed by atoms with Gasteiger partial charge >= 0.3 is 0 Å². The predicted molar refractivity (Wildman–Crippen MR) is 60.0 cm³/mol. The summed E-state index contributed by atoms with van der Waals surface area (Å²) < 4.78 is 1.04. The van der Waals surface area contributed by atoms with E-state index < -0.39 is 0 Å². The maximum atomic E-state index is 9.09. The summed E-state index contributed by atoms with van der Waals surface area (Å²) in [5, 5.41) is 12.6. The normalized spacial score (nSPS) is 11.0. The molecule has 0 aliphatic carbocycles. The molecule has 2 aromatic rings. The molecule has 0 unspecified atom stereocenters. The SMILES string of the molecule is OCc1ccc(S)c2scc(Cl)c12. The molecular weight excluding hydrogens is 224 g/mol. The van der Waals surface area contributed by atoms with Gasteiger partial charge in [-0.2, -0.15) is 0 Å². The number of thiol groups is 1. The molecule has 1 aromatic carbocycles. The van der Waals surface area contributed by atoms with Gasteiger partial charge in [-0.15, -0.1) is 24.0 Å². The highest BCUT2D eigenvalue weighted by molar-refractivity contribution is 7.80. The zero-order valence-corrected chi connectivity index (χ0v) is 9.09. The van der Waals surface area contributed by atoms with E-state index in [1.165, 1.54) is 0 Å². The average Bonchev–Trinajstić information content (AvgIpc) is 2.51. The smallest absolute Gasteiger partial charge is 0.0688 e. The number of benzene rings is 1. The van der Waals surface area contributed by atoms with Crippen molar-refractivity contribution >= 4 is 45.7 Å². The van der Waals surface area contributed by atoms with E-state index in [0.717, 1.165) is 20.5 Å². The third-order valence-electron chi connectivity index (χ3n) is 1.91. The number of fused-ring (bicyclic) bond motifs is 1. The molecular formula is C9H7ClOS2. The van der Waals surface area contributed by atoms with Crippen LogP contribution < -0.4 is 0 Å². The molecule has 13 heavy (non-hydrogen) atoms. The van der Waals surface area contributed by atoms with Crippen molar-refractivity contribution < 1.29 is 5.11 Å². The molecule has 0 saturated heterocycles. The fraction of sp³-hybridized carbons (Fsp3) is 0.111. The van der Waals surface area contributed by atoms with E-state index in [4.69, 9.17) is 16.7 Å². The van der Waals surface area contributed by atoms with Crippen LogP contribution in [0.2, 0.25) is 5.02 Å². The third-order valence-corrected chi connectivity index (χ3v) is 3.88. The van der Waals surface area contributed by atoms with E-state index in [2.05, 4.69) is 12.6 Å². The summed E-state index contributed by atoms with van der Waals surface area (Å²) in [5.74, 6) is 0. The van der Waals surface area contributed by atoms with Crippen molar-refractivity contribution in [2.75, 3.05) is 0 Å². The summed E-state index contributed by atoms with van der Waals surface area (Å²) in [5.41, 5.74) is 0.860. The van der Waals surface area contributed by atoms with Gasteiger partial charge in [0.05, 0.1) is 11.6 Å². The number of aliphatic hydroxyl groups is 1. The Morgan fingerprint density at radius 2 is 2.23 bits per heavy atom. The Morgan fingerprint density at radius 1 is 1.46 bits per heavy atom. The van der Waals surface area contributed by atoms with Gasteiger partial charge in [-0.05, 0) is 11.6 Å². The molecule has 0 aliphatic rings. The van der Waals surface area contributed by atoms with E-state index in [1.807, 2.05) is 17.5 Å². The molecule has 2 rings (SSSR count). The van der Waals surface area contributed by atoms with Gasteiger partial charge in [0.2, 0.25) is 0 Å². The van der Waals surface area contributed by atoms with E-state index in [9.17, 15) is 0 Å². The largest absolute Gasteiger partial charge is 0.392 e. The maximum absolute atomic E-state index is 9.09. The Bertz CT molecular complexity index is 450. The fourth-order valence-electron chi connectivity index (χ4n) is 1.29. The van der Waals surface area contributed by atoms with Crippen LogP contribution in [0.3, 0.4) is 0 Å². The van der Waals surface area contributed by atoms with Crippen molar-refractivity contribution in [2.24, 2.45) is 0 Å². The summed E-state index contributed by atoms with van der Waals surface area (Å²) in [6.07, 6.45) is 0. The second kappa shape index (κ2) is 3.50. The summed E-state index contributed by atoms with van der Waals surface area (Å²) in [4.78, 5) is 0.907. The van der Waals surface area contributed by atoms with Crippen molar-refractivity contribution in [2.45, 2.75) is 11.5 Å². The Morgan fingerprint density at radius 3 is 2.92 bits per heavy atom. The average molecular weight is 231 g/mol. The van der Waals surface area contributed by atoms with Gasteiger partial charge in [0.15, 0.2) is 0 Å². The molecule has 68 valence electrons. The second-order valence-corrected chi connectivity index (χ2v) is 4.46. The Labute approximate surface area is 90.4 Å². The van der Waals surface area contributed by atoms with Gasteiger partial charge in [0.25, 0.3) is 0 Å². The molecule has 0 bridgehead atoms. The highest BCUT2D eigenvalue weighted by atomic mass is 35.5. The van der Waals surface area contributed by atoms with Gasteiger partial charge in [0.1, 0.15) is 0 Å². The first kappa shape index (κ1) is 9.34. The quantitative estimate of drug-likeness (QED) is 0.720. The highest BCUT2D eigenvalue weighted by Gasteiger charge is 2.08. The van der Waals surface area contributed by atoms with Crippen LogP contribution in [-0.4, -0.2) is 5.11 Å². The molecule has 1 nitrogen and oxygen atoms in total. The van der Waals surface area contributed by atoms with Crippen molar-refractivity contribution in [1.29, 1.82) is 0 Å². The second-order valence-electron chi connectivity index (χ2n) is 2.69. The first-order chi connectivity index (χ1) is 6.24. The van der Waals surface area contributed by atoms with E-state index in [-0.39, 0.29) is 6.61 Å². The van der Waals surface area contributed by atoms with Gasteiger partial charge < -0.3 is 5.11 Å². The number of hydrogen-bond donors (Lipinski definition) is 2. The zero-order chi connectivity index (χ0) is 9.42. The first-order valence-electron chi connectivity index (χ1n) is 3.72. The number of hydrogen-bond acceptors (Lipinski definition) is 3. The van der Waals surface area contributed by atoms with Gasteiger partial charge in [-0.1, -0.05) is 17.7 Å². The molecule has 0 radical (unpaired) electrons. The lowest BCUT2D eigenvalue weighted by Crippen LogP contribution is -1.83. The van der Waals surface area contributed by atoms with E-state index in [1.54, 1.807) is 11.3 Å². The fourth-order valence-corrected chi connectivity index (χ4v) is 2.93. The Kier molecular flexibility index (Phi) is 2.51. The number of thiophene rings is 1. The Hall–Kier alpha value is -0.220. The molecule has 0 spiro atoms. The molecule has 0 atom stereocenters. The molecule has 1 aromatic heterocycles. The first-order valence-corrected chi connectivity index (χ1v) is 5.43. The highest BCUT2D eigenvalue weighted by Crippen LogP contribution is 2.36. The summed E-state index contributed by atoms with van der Waals surface area (Å²) in [7, 11) is 0. The standard InChI is InChI=1S/C9H7ClOS2/c10-6-4-13-9-7(12)2-1-5(3-11)8(6)9/h1-2,4,11-12H,3H2. The molecule has 1 heterocycles. The van der Waals surface area contributed by atoms with Gasteiger partial charge in [-0.3, -0.25) is 0 Å². The van der Waals surface area contributed by atoms with Crippen LogP contribution in [0.1, 0.15) is 5.56 Å². The minimum Gasteiger partial charge on any atom is -0.392 e. The molecule has 0 amide bonds. The van der Waals surface area contributed by atoms with Crippen molar-refractivity contribution in [1.82, 2.24) is 0 Å². The lowest BCUT2D eigenvalue weighted by Gasteiger charge is -2.01. The molecule has 1 N–H and O–H groups in total. The summed E-state index contributed by atoms with van der Waals surface area (Å²) in [6, 6.07) is 3.73. The van der Waals surface area contributed by atoms with Crippen LogP contribution in [0.4, 0.5) is 0 Å². The van der Waals surface area contributed by atoms with E-state index >= 15 is 0 Å². The van der Waals surface area contributed by atoms with Crippen LogP contribution in [0, 0.1) is 0 Å². The molecule has 0 saturated carbocycles. The number of rotatable bonds is 1. The van der Waals surface area contributed by atoms with Crippen molar-refractivity contribution in [3.63, 3.8) is 0 Å². The minimum atomic E-state index is 0.0149. The monoisotopic (exact) mass is 230 g/mol. The number of aliphatic hydroxyl groups excluding tert-OH is 1. The summed E-state index contributed by atoms with van der Waals surface area (Å²) in [6.45, 7) is 0.0149. The third kappa shape index (κ3) is 1.46. The molecule has 0 fully saturated rings. The maximum Gasteiger partial charge on any atom is 0.0688 e. The zero-order valence-electron chi connectivity index (χ0n) is 6.62. The van der Waals surface area contributed by atoms with E-state index in [0.29, 0.717) is 5.02 Å². The van der Waals surface area contributed by atoms with Crippen LogP contribution in [0.15, 0.2) is 22.4 Å². The molecule has 4 heteroatoms. The van der Waals surface area contributed by atoms with Gasteiger partial charge in [0, 0.05) is 20.4 Å². The van der Waals surface area contributed by atoms with Crippen LogP contribution in [0.25, 0.3) is 10.1 Å². The minimum absolute atomic E-state index is 0.0149. The van der Waals surface area contributed by atoms with Crippen LogP contribution >= 0.6 is 35.6 Å². The van der Waals surface area contributed by atoms with Crippen LogP contribution in [-0.2, 0) is 6.61 Å². The van der Waals surface area contributed by atoms with Crippen LogP contribution in [0.5, 0.6) is 0 Å². The molecule has 0 aliphatic heterocycles. The van der Waals surface area contributed by atoms with Crippen molar-refractivity contribution in [3.05, 3.63) is 28.1 Å². The Balaban J connectivity index is 2.88.